The van der Waals surface area contributed by atoms with Crippen LogP contribution in [0.25, 0.3) is 0 Å². The van der Waals surface area contributed by atoms with Crippen molar-refractivity contribution in [1.82, 2.24) is 5.32 Å². The average Bonchev–Trinajstić information content (AvgIpc) is 2.57. The topological polar surface area (TPSA) is 32.3 Å². The van der Waals surface area contributed by atoms with Crippen molar-refractivity contribution in [3.8, 4) is 0 Å². The number of rotatable bonds is 7. The Morgan fingerprint density at radius 1 is 1.53 bits per heavy atom. The maximum atomic E-state index is 10.3. The van der Waals surface area contributed by atoms with Gasteiger partial charge in [-0.05, 0) is 54.3 Å². The Hall–Kier alpha value is 0.1000. The number of aliphatic hydroxyl groups is 1. The molecular formula is C13H22BrNOS. The second-order valence-electron chi connectivity index (χ2n) is 5.25. The van der Waals surface area contributed by atoms with E-state index in [9.17, 15) is 5.11 Å². The normalized spacial score (nSPS) is 15.2. The van der Waals surface area contributed by atoms with Crippen LogP contribution in [0.1, 0.15) is 32.1 Å². The summed E-state index contributed by atoms with van der Waals surface area (Å²) in [7, 11) is 0. The third kappa shape index (κ3) is 6.55. The van der Waals surface area contributed by atoms with Crippen LogP contribution < -0.4 is 5.32 Å². The van der Waals surface area contributed by atoms with Gasteiger partial charge in [0.15, 0.2) is 0 Å². The van der Waals surface area contributed by atoms with Gasteiger partial charge in [-0.15, -0.1) is 11.3 Å². The molecule has 0 radical (unpaired) electrons. The zero-order valence-corrected chi connectivity index (χ0v) is 13.2. The molecule has 1 heterocycles. The first-order chi connectivity index (χ1) is 7.89. The SMILES string of the molecule is CC(C)CNCCC(C)(O)Cc1cc(Br)cs1. The molecule has 2 N–H and O–H groups in total. The molecule has 0 saturated carbocycles. The summed E-state index contributed by atoms with van der Waals surface area (Å²) in [5.74, 6) is 0.660. The van der Waals surface area contributed by atoms with Crippen molar-refractivity contribution in [1.29, 1.82) is 0 Å². The number of nitrogens with one attached hydrogen (secondary N) is 1. The van der Waals surface area contributed by atoms with Crippen LogP contribution in [0.15, 0.2) is 15.9 Å². The molecule has 1 aromatic rings. The minimum atomic E-state index is -0.617. The van der Waals surface area contributed by atoms with Crippen molar-refractivity contribution >= 4 is 27.3 Å². The van der Waals surface area contributed by atoms with Crippen LogP contribution in [-0.2, 0) is 6.42 Å². The molecule has 0 amide bonds. The molecule has 17 heavy (non-hydrogen) atoms. The van der Waals surface area contributed by atoms with E-state index in [1.54, 1.807) is 11.3 Å². The standard InChI is InChI=1S/C13H22BrNOS/c1-10(2)8-15-5-4-13(3,16)7-12-6-11(14)9-17-12/h6,9-10,15-16H,4-5,7-8H2,1-3H3. The van der Waals surface area contributed by atoms with Crippen molar-refractivity contribution in [3.63, 3.8) is 0 Å². The van der Waals surface area contributed by atoms with E-state index in [4.69, 9.17) is 0 Å². The van der Waals surface area contributed by atoms with Crippen molar-refractivity contribution in [3.05, 3.63) is 20.8 Å². The Kier molecular flexibility index (Phi) is 6.13. The minimum absolute atomic E-state index is 0.617. The summed E-state index contributed by atoms with van der Waals surface area (Å²) < 4.78 is 1.10. The zero-order chi connectivity index (χ0) is 12.9. The Morgan fingerprint density at radius 2 is 2.24 bits per heavy atom. The Morgan fingerprint density at radius 3 is 2.76 bits per heavy atom. The lowest BCUT2D eigenvalue weighted by Gasteiger charge is -2.23. The molecule has 0 aromatic carbocycles. The maximum absolute atomic E-state index is 10.3. The molecule has 98 valence electrons. The number of thiophene rings is 1. The second kappa shape index (κ2) is 6.88. The zero-order valence-electron chi connectivity index (χ0n) is 10.8. The summed E-state index contributed by atoms with van der Waals surface area (Å²) in [5.41, 5.74) is -0.617. The number of hydrogen-bond acceptors (Lipinski definition) is 3. The molecule has 2 nitrogen and oxygen atoms in total. The van der Waals surface area contributed by atoms with Gasteiger partial charge in [0.25, 0.3) is 0 Å². The molecule has 0 saturated heterocycles. The highest BCUT2D eigenvalue weighted by Crippen LogP contribution is 2.25. The van der Waals surface area contributed by atoms with Crippen LogP contribution in [0.4, 0.5) is 0 Å². The maximum Gasteiger partial charge on any atom is 0.0679 e. The van der Waals surface area contributed by atoms with Crippen LogP contribution >= 0.6 is 27.3 Å². The Balaban J connectivity index is 2.30. The minimum Gasteiger partial charge on any atom is -0.390 e. The molecule has 0 bridgehead atoms. The van der Waals surface area contributed by atoms with E-state index in [0.29, 0.717) is 5.92 Å². The lowest BCUT2D eigenvalue weighted by atomic mass is 9.97. The monoisotopic (exact) mass is 319 g/mol. The van der Waals surface area contributed by atoms with Gasteiger partial charge in [0.05, 0.1) is 5.60 Å². The molecule has 1 aromatic heterocycles. The van der Waals surface area contributed by atoms with E-state index >= 15 is 0 Å². The summed E-state index contributed by atoms with van der Waals surface area (Å²) >= 11 is 5.13. The Bertz CT molecular complexity index is 336. The largest absolute Gasteiger partial charge is 0.390 e. The molecule has 0 aliphatic rings. The van der Waals surface area contributed by atoms with Crippen LogP contribution in [0, 0.1) is 5.92 Å². The molecule has 0 fully saturated rings. The first kappa shape index (κ1) is 15.2. The molecule has 0 aliphatic carbocycles. The van der Waals surface area contributed by atoms with Crippen LogP contribution in [-0.4, -0.2) is 23.8 Å². The van der Waals surface area contributed by atoms with E-state index in [1.165, 1.54) is 4.88 Å². The van der Waals surface area contributed by atoms with E-state index in [1.807, 2.05) is 6.92 Å². The smallest absolute Gasteiger partial charge is 0.0679 e. The quantitative estimate of drug-likeness (QED) is 0.754. The van der Waals surface area contributed by atoms with Gasteiger partial charge in [-0.2, -0.15) is 0 Å². The molecule has 0 spiro atoms. The van der Waals surface area contributed by atoms with Gasteiger partial charge in [0.2, 0.25) is 0 Å². The van der Waals surface area contributed by atoms with Gasteiger partial charge >= 0.3 is 0 Å². The van der Waals surface area contributed by atoms with E-state index in [-0.39, 0.29) is 0 Å². The summed E-state index contributed by atoms with van der Waals surface area (Å²) in [6.07, 6.45) is 1.52. The average molecular weight is 320 g/mol. The molecule has 4 heteroatoms. The first-order valence-corrected chi connectivity index (χ1v) is 7.72. The third-order valence-corrected chi connectivity index (χ3v) is 4.27. The van der Waals surface area contributed by atoms with Crippen LogP contribution in [0.5, 0.6) is 0 Å². The molecule has 0 aliphatic heterocycles. The van der Waals surface area contributed by atoms with Gasteiger partial charge in [0.1, 0.15) is 0 Å². The van der Waals surface area contributed by atoms with Crippen molar-refractivity contribution in [2.75, 3.05) is 13.1 Å². The summed E-state index contributed by atoms with van der Waals surface area (Å²) in [6.45, 7) is 8.18. The van der Waals surface area contributed by atoms with Crippen LogP contribution in [0.3, 0.4) is 0 Å². The summed E-state index contributed by atoms with van der Waals surface area (Å²) in [5, 5.41) is 15.7. The molecule has 1 unspecified atom stereocenters. The van der Waals surface area contributed by atoms with Crippen LogP contribution in [0.2, 0.25) is 0 Å². The van der Waals surface area contributed by atoms with Gasteiger partial charge in [-0.3, -0.25) is 0 Å². The van der Waals surface area contributed by atoms with E-state index in [0.717, 1.165) is 30.4 Å². The van der Waals surface area contributed by atoms with Gasteiger partial charge in [-0.25, -0.2) is 0 Å². The van der Waals surface area contributed by atoms with Gasteiger partial charge in [-0.1, -0.05) is 13.8 Å². The molecular weight excluding hydrogens is 298 g/mol. The third-order valence-electron chi connectivity index (χ3n) is 2.57. The van der Waals surface area contributed by atoms with E-state index < -0.39 is 5.60 Å². The summed E-state index contributed by atoms with van der Waals surface area (Å²) in [6, 6.07) is 2.08. The number of halogens is 1. The fourth-order valence-electron chi connectivity index (χ4n) is 1.66. The second-order valence-corrected chi connectivity index (χ2v) is 7.16. The van der Waals surface area contributed by atoms with Gasteiger partial charge < -0.3 is 10.4 Å². The predicted octanol–water partition coefficient (Wildman–Crippen LogP) is 3.44. The van der Waals surface area contributed by atoms with Crippen molar-refractivity contribution in [2.45, 2.75) is 39.2 Å². The highest BCUT2D eigenvalue weighted by atomic mass is 79.9. The fourth-order valence-corrected chi connectivity index (χ4v) is 3.29. The highest BCUT2D eigenvalue weighted by molar-refractivity contribution is 9.10. The Labute approximate surface area is 117 Å². The first-order valence-electron chi connectivity index (χ1n) is 6.05. The fraction of sp³-hybridized carbons (Fsp3) is 0.692. The molecule has 1 rings (SSSR count). The number of hydrogen-bond donors (Lipinski definition) is 2. The van der Waals surface area contributed by atoms with Crippen molar-refractivity contribution < 1.29 is 5.11 Å². The van der Waals surface area contributed by atoms with E-state index in [2.05, 4.69) is 46.5 Å². The predicted molar refractivity (Wildman–Crippen MR) is 78.7 cm³/mol. The lowest BCUT2D eigenvalue weighted by molar-refractivity contribution is 0.0522. The molecule has 1 atom stereocenters. The lowest BCUT2D eigenvalue weighted by Crippen LogP contribution is -2.33. The van der Waals surface area contributed by atoms with Gasteiger partial charge in [0, 0.05) is 21.2 Å². The summed E-state index contributed by atoms with van der Waals surface area (Å²) in [4.78, 5) is 1.23. The van der Waals surface area contributed by atoms with Crippen molar-refractivity contribution in [2.24, 2.45) is 5.92 Å². The highest BCUT2D eigenvalue weighted by Gasteiger charge is 2.21.